The van der Waals surface area contributed by atoms with Crippen LogP contribution < -0.4 is 10.6 Å². The molecule has 0 saturated heterocycles. The van der Waals surface area contributed by atoms with Crippen molar-refractivity contribution in [2.45, 2.75) is 50.8 Å². The first-order valence-electron chi connectivity index (χ1n) is 5.67. The Morgan fingerprint density at radius 3 is 2.40 bits per heavy atom. The first kappa shape index (κ1) is 12.5. The van der Waals surface area contributed by atoms with Gasteiger partial charge in [0.2, 0.25) is 5.91 Å². The molecular weight excluding hydrogens is 192 g/mol. The Hall–Kier alpha value is -0.610. The predicted octanol–water partition coefficient (Wildman–Crippen LogP) is 0.668. The summed E-state index contributed by atoms with van der Waals surface area (Å²) in [4.78, 5) is 11.3. The van der Waals surface area contributed by atoms with Gasteiger partial charge in [-0.25, -0.2) is 0 Å². The molecule has 1 unspecified atom stereocenters. The van der Waals surface area contributed by atoms with E-state index in [-0.39, 0.29) is 11.9 Å². The molecule has 0 heterocycles. The van der Waals surface area contributed by atoms with Gasteiger partial charge in [0, 0.05) is 20.2 Å². The van der Waals surface area contributed by atoms with Crippen LogP contribution >= 0.6 is 0 Å². The summed E-state index contributed by atoms with van der Waals surface area (Å²) in [6.07, 6.45) is 4.79. The third kappa shape index (κ3) is 3.80. The van der Waals surface area contributed by atoms with Crippen LogP contribution in [-0.4, -0.2) is 38.3 Å². The van der Waals surface area contributed by atoms with Gasteiger partial charge in [-0.05, 0) is 32.6 Å². The van der Waals surface area contributed by atoms with Gasteiger partial charge in [-0.1, -0.05) is 0 Å². The largest absolute Gasteiger partial charge is 0.381 e. The third-order valence-corrected chi connectivity index (χ3v) is 3.13. The van der Waals surface area contributed by atoms with Gasteiger partial charge in [0.25, 0.3) is 0 Å². The topological polar surface area (TPSA) is 50.4 Å². The number of carbonyl (C=O) groups is 1. The summed E-state index contributed by atoms with van der Waals surface area (Å²) in [5.41, 5.74) is 0. The van der Waals surface area contributed by atoms with Gasteiger partial charge in [-0.3, -0.25) is 4.79 Å². The molecule has 1 amide bonds. The lowest BCUT2D eigenvalue weighted by atomic mass is 9.92. The van der Waals surface area contributed by atoms with Gasteiger partial charge in [-0.15, -0.1) is 0 Å². The highest BCUT2D eigenvalue weighted by Crippen LogP contribution is 2.20. The maximum absolute atomic E-state index is 11.3. The van der Waals surface area contributed by atoms with Crippen molar-refractivity contribution in [3.05, 3.63) is 0 Å². The molecule has 2 N–H and O–H groups in total. The molecule has 0 spiro atoms. The summed E-state index contributed by atoms with van der Waals surface area (Å²) in [5, 5.41) is 5.99. The van der Waals surface area contributed by atoms with Crippen LogP contribution in [0.15, 0.2) is 0 Å². The molecule has 1 aliphatic rings. The Balaban J connectivity index is 2.26. The Labute approximate surface area is 91.8 Å². The molecule has 1 atom stereocenters. The molecule has 0 aliphatic heterocycles. The van der Waals surface area contributed by atoms with E-state index in [2.05, 4.69) is 10.6 Å². The molecule has 0 aromatic heterocycles. The molecule has 4 heteroatoms. The summed E-state index contributed by atoms with van der Waals surface area (Å²) in [5.74, 6) is 0.0591. The molecule has 4 nitrogen and oxygen atoms in total. The predicted molar refractivity (Wildman–Crippen MR) is 59.7 cm³/mol. The smallest absolute Gasteiger partial charge is 0.236 e. The van der Waals surface area contributed by atoms with Crippen LogP contribution in [0.2, 0.25) is 0 Å². The van der Waals surface area contributed by atoms with Gasteiger partial charge >= 0.3 is 0 Å². The minimum atomic E-state index is -0.0981. The van der Waals surface area contributed by atoms with E-state index in [0.717, 1.165) is 25.7 Å². The summed E-state index contributed by atoms with van der Waals surface area (Å²) < 4.78 is 5.31. The monoisotopic (exact) mass is 214 g/mol. The van der Waals surface area contributed by atoms with Crippen LogP contribution in [0.25, 0.3) is 0 Å². The van der Waals surface area contributed by atoms with Crippen molar-refractivity contribution in [1.29, 1.82) is 0 Å². The number of rotatable bonds is 4. The van der Waals surface area contributed by atoms with Crippen molar-refractivity contribution in [3.8, 4) is 0 Å². The first-order chi connectivity index (χ1) is 7.17. The number of amides is 1. The van der Waals surface area contributed by atoms with Gasteiger partial charge in [0.1, 0.15) is 0 Å². The Morgan fingerprint density at radius 1 is 1.33 bits per heavy atom. The van der Waals surface area contributed by atoms with Crippen LogP contribution in [0, 0.1) is 0 Å². The number of ether oxygens (including phenoxy) is 1. The van der Waals surface area contributed by atoms with Crippen LogP contribution in [0.5, 0.6) is 0 Å². The molecule has 1 fully saturated rings. The highest BCUT2D eigenvalue weighted by atomic mass is 16.5. The lowest BCUT2D eigenvalue weighted by Crippen LogP contribution is -2.47. The summed E-state index contributed by atoms with van der Waals surface area (Å²) >= 11 is 0. The van der Waals surface area contributed by atoms with Crippen molar-refractivity contribution in [2.24, 2.45) is 0 Å². The van der Waals surface area contributed by atoms with E-state index in [4.69, 9.17) is 4.74 Å². The summed E-state index contributed by atoms with van der Waals surface area (Å²) in [6.45, 7) is 1.90. The van der Waals surface area contributed by atoms with Gasteiger partial charge in [-0.2, -0.15) is 0 Å². The van der Waals surface area contributed by atoms with E-state index >= 15 is 0 Å². The molecule has 15 heavy (non-hydrogen) atoms. The van der Waals surface area contributed by atoms with Crippen molar-refractivity contribution in [1.82, 2.24) is 10.6 Å². The Morgan fingerprint density at radius 2 is 1.93 bits per heavy atom. The molecule has 1 saturated carbocycles. The lowest BCUT2D eigenvalue weighted by Gasteiger charge is -2.30. The Kier molecular flexibility index (Phi) is 5.05. The van der Waals surface area contributed by atoms with E-state index in [0.29, 0.717) is 12.1 Å². The molecule has 88 valence electrons. The number of carbonyl (C=O) groups excluding carboxylic acids is 1. The number of methoxy groups -OCH3 is 1. The highest BCUT2D eigenvalue weighted by molar-refractivity contribution is 5.80. The minimum absolute atomic E-state index is 0.0591. The van der Waals surface area contributed by atoms with Crippen molar-refractivity contribution in [3.63, 3.8) is 0 Å². The van der Waals surface area contributed by atoms with Crippen LogP contribution in [-0.2, 0) is 9.53 Å². The van der Waals surface area contributed by atoms with Crippen molar-refractivity contribution < 1.29 is 9.53 Å². The van der Waals surface area contributed by atoms with Gasteiger partial charge < -0.3 is 15.4 Å². The number of hydrogen-bond acceptors (Lipinski definition) is 3. The molecule has 0 radical (unpaired) electrons. The molecule has 0 aromatic carbocycles. The minimum Gasteiger partial charge on any atom is -0.381 e. The van der Waals surface area contributed by atoms with E-state index in [1.165, 1.54) is 0 Å². The van der Waals surface area contributed by atoms with E-state index < -0.39 is 0 Å². The lowest BCUT2D eigenvalue weighted by molar-refractivity contribution is -0.122. The second kappa shape index (κ2) is 6.08. The average Bonchev–Trinajstić information content (AvgIpc) is 2.29. The summed E-state index contributed by atoms with van der Waals surface area (Å²) in [6, 6.07) is 0.364. The molecule has 1 aliphatic carbocycles. The van der Waals surface area contributed by atoms with Gasteiger partial charge in [0.15, 0.2) is 0 Å². The second-order valence-corrected chi connectivity index (χ2v) is 4.21. The molecule has 0 aromatic rings. The zero-order valence-electron chi connectivity index (χ0n) is 9.88. The Bertz CT molecular complexity index is 201. The van der Waals surface area contributed by atoms with Crippen molar-refractivity contribution >= 4 is 5.91 Å². The highest BCUT2D eigenvalue weighted by Gasteiger charge is 2.23. The van der Waals surface area contributed by atoms with Crippen LogP contribution in [0.4, 0.5) is 0 Å². The average molecular weight is 214 g/mol. The van der Waals surface area contributed by atoms with Crippen LogP contribution in [0.3, 0.4) is 0 Å². The zero-order valence-corrected chi connectivity index (χ0v) is 9.88. The normalized spacial score (nSPS) is 28.5. The quantitative estimate of drug-likeness (QED) is 0.723. The maximum atomic E-state index is 11.3. The van der Waals surface area contributed by atoms with E-state index in [1.807, 2.05) is 6.92 Å². The SMILES string of the molecule is CNC(=O)C(C)NC1CCC(OC)CC1. The zero-order chi connectivity index (χ0) is 11.3. The van der Waals surface area contributed by atoms with Gasteiger partial charge in [0.05, 0.1) is 12.1 Å². The second-order valence-electron chi connectivity index (χ2n) is 4.21. The molecule has 0 bridgehead atoms. The van der Waals surface area contributed by atoms with E-state index in [9.17, 15) is 4.79 Å². The fourth-order valence-electron chi connectivity index (χ4n) is 2.11. The third-order valence-electron chi connectivity index (χ3n) is 3.13. The van der Waals surface area contributed by atoms with Crippen molar-refractivity contribution in [2.75, 3.05) is 14.2 Å². The fourth-order valence-corrected chi connectivity index (χ4v) is 2.11. The maximum Gasteiger partial charge on any atom is 0.236 e. The fraction of sp³-hybridized carbons (Fsp3) is 0.909. The first-order valence-corrected chi connectivity index (χ1v) is 5.67. The van der Waals surface area contributed by atoms with Crippen LogP contribution in [0.1, 0.15) is 32.6 Å². The standard InChI is InChI=1S/C11H22N2O2/c1-8(11(14)12-2)13-9-4-6-10(15-3)7-5-9/h8-10,13H,4-7H2,1-3H3,(H,12,14). The number of nitrogens with one attached hydrogen (secondary N) is 2. The molecule has 1 rings (SSSR count). The summed E-state index contributed by atoms with van der Waals surface area (Å²) in [7, 11) is 3.44. The van der Waals surface area contributed by atoms with E-state index in [1.54, 1.807) is 14.2 Å². The number of hydrogen-bond donors (Lipinski definition) is 2. The number of likely N-dealkylation sites (N-methyl/N-ethyl adjacent to an activating group) is 1. The molecular formula is C11H22N2O2.